The van der Waals surface area contributed by atoms with E-state index in [0.29, 0.717) is 25.9 Å². The molecule has 0 aromatic rings. The molecule has 450 valence electrons. The van der Waals surface area contributed by atoms with Crippen LogP contribution in [-0.2, 0) is 14.3 Å². The number of amides is 1. The monoisotopic (exact) mass is 1070 g/mol. The van der Waals surface area contributed by atoms with Crippen molar-refractivity contribution in [1.29, 1.82) is 0 Å². The zero-order valence-corrected chi connectivity index (χ0v) is 51.5. The van der Waals surface area contributed by atoms with Crippen molar-refractivity contribution in [2.24, 2.45) is 0 Å². The van der Waals surface area contributed by atoms with E-state index in [1.54, 1.807) is 0 Å². The summed E-state index contributed by atoms with van der Waals surface area (Å²) in [4.78, 5) is 24.5. The van der Waals surface area contributed by atoms with Gasteiger partial charge in [-0.2, -0.15) is 0 Å². The second-order valence-corrected chi connectivity index (χ2v) is 23.9. The summed E-state index contributed by atoms with van der Waals surface area (Å²) in [7, 11) is 0. The maximum Gasteiger partial charge on any atom is 0.305 e. The summed E-state index contributed by atoms with van der Waals surface area (Å²) >= 11 is 0. The van der Waals surface area contributed by atoms with Gasteiger partial charge in [0.2, 0.25) is 5.91 Å². The number of rotatable bonds is 65. The second-order valence-electron chi connectivity index (χ2n) is 23.9. The van der Waals surface area contributed by atoms with Crippen LogP contribution < -0.4 is 5.32 Å². The minimum Gasteiger partial charge on any atom is -0.466 e. The summed E-state index contributed by atoms with van der Waals surface area (Å²) in [5.41, 5.74) is 0. The average Bonchev–Trinajstić information content (AvgIpc) is 3.42. The van der Waals surface area contributed by atoms with Crippen molar-refractivity contribution in [3.05, 3.63) is 24.3 Å². The molecule has 0 fully saturated rings. The third-order valence-corrected chi connectivity index (χ3v) is 16.2. The maximum absolute atomic E-state index is 12.5. The number of hydrogen-bond donors (Lipinski definition) is 3. The minimum atomic E-state index is -0.661. The van der Waals surface area contributed by atoms with Gasteiger partial charge in [0.15, 0.2) is 0 Å². The Morgan fingerprint density at radius 1 is 0.368 bits per heavy atom. The van der Waals surface area contributed by atoms with E-state index in [1.165, 1.54) is 302 Å². The average molecular weight is 1070 g/mol. The molecule has 0 bridgehead atoms. The first-order valence-corrected chi connectivity index (χ1v) is 34.6. The molecule has 1 amide bonds. The molecule has 0 radical (unpaired) electrons. The van der Waals surface area contributed by atoms with Crippen LogP contribution in [0.2, 0.25) is 0 Å². The maximum atomic E-state index is 12.5. The van der Waals surface area contributed by atoms with Crippen LogP contribution in [-0.4, -0.2) is 47.4 Å². The van der Waals surface area contributed by atoms with Crippen molar-refractivity contribution < 1.29 is 24.5 Å². The van der Waals surface area contributed by atoms with Crippen LogP contribution in [0.3, 0.4) is 0 Å². The Balaban J connectivity index is 3.33. The molecule has 76 heavy (non-hydrogen) atoms. The molecule has 0 heterocycles. The van der Waals surface area contributed by atoms with Crippen molar-refractivity contribution >= 4 is 11.9 Å². The van der Waals surface area contributed by atoms with Gasteiger partial charge in [0.05, 0.1) is 25.4 Å². The number of hydrogen-bond acceptors (Lipinski definition) is 5. The number of ether oxygens (including phenoxy) is 1. The number of aliphatic hydroxyl groups excluding tert-OH is 2. The number of carbonyl (C=O) groups excluding carboxylic acids is 2. The van der Waals surface area contributed by atoms with Gasteiger partial charge in [-0.1, -0.05) is 346 Å². The standard InChI is InChI=1S/C70H135NO5/c1-3-5-7-9-11-13-15-17-18-35-39-42-46-50-54-58-62-68(73)67(66-72)71-69(74)63-59-55-51-47-43-40-36-33-31-29-27-25-23-21-19-20-22-24-26-28-30-32-34-37-41-45-49-53-57-61-65-76-70(75)64-60-56-52-48-44-38-16-14-12-10-8-6-4-2/h8,10,14,16,67-68,72-73H,3-7,9,11-13,15,17-66H2,1-2H3,(H,71,74)/b10-8-,16-14-. The van der Waals surface area contributed by atoms with Gasteiger partial charge < -0.3 is 20.3 Å². The van der Waals surface area contributed by atoms with E-state index in [4.69, 9.17) is 4.74 Å². The Hall–Kier alpha value is -1.66. The highest BCUT2D eigenvalue weighted by molar-refractivity contribution is 5.76. The number of unbranched alkanes of at least 4 members (excludes halogenated alkanes) is 50. The predicted molar refractivity (Wildman–Crippen MR) is 333 cm³/mol. The van der Waals surface area contributed by atoms with Crippen LogP contribution in [0.15, 0.2) is 24.3 Å². The fraction of sp³-hybridized carbons (Fsp3) is 0.914. The van der Waals surface area contributed by atoms with Crippen LogP contribution in [0.5, 0.6) is 0 Å². The first-order chi connectivity index (χ1) is 37.5. The number of nitrogens with one attached hydrogen (secondary N) is 1. The Kier molecular flexibility index (Phi) is 64.4. The molecule has 0 spiro atoms. The summed E-state index contributed by atoms with van der Waals surface area (Å²) in [5, 5.41) is 23.4. The summed E-state index contributed by atoms with van der Waals surface area (Å²) < 4.78 is 5.48. The van der Waals surface area contributed by atoms with E-state index < -0.39 is 12.1 Å². The minimum absolute atomic E-state index is 0.00518. The van der Waals surface area contributed by atoms with Gasteiger partial charge >= 0.3 is 5.97 Å². The van der Waals surface area contributed by atoms with Crippen molar-refractivity contribution in [3.63, 3.8) is 0 Å². The molecule has 3 N–H and O–H groups in total. The van der Waals surface area contributed by atoms with E-state index in [-0.39, 0.29) is 18.5 Å². The van der Waals surface area contributed by atoms with Crippen molar-refractivity contribution in [2.75, 3.05) is 13.2 Å². The lowest BCUT2D eigenvalue weighted by atomic mass is 10.0. The van der Waals surface area contributed by atoms with Gasteiger partial charge in [-0.15, -0.1) is 0 Å². The van der Waals surface area contributed by atoms with Gasteiger partial charge in [0.1, 0.15) is 0 Å². The zero-order valence-electron chi connectivity index (χ0n) is 51.5. The van der Waals surface area contributed by atoms with Gasteiger partial charge in [0.25, 0.3) is 0 Å². The highest BCUT2D eigenvalue weighted by atomic mass is 16.5. The third kappa shape index (κ3) is 61.6. The number of aliphatic hydroxyl groups is 2. The lowest BCUT2D eigenvalue weighted by Crippen LogP contribution is -2.45. The summed E-state index contributed by atoms with van der Waals surface area (Å²) in [6.45, 7) is 4.92. The molecule has 0 saturated heterocycles. The quantitative estimate of drug-likeness (QED) is 0.0320. The molecule has 6 heteroatoms. The molecule has 0 aromatic carbocycles. The van der Waals surface area contributed by atoms with E-state index in [9.17, 15) is 19.8 Å². The zero-order chi connectivity index (χ0) is 55.0. The molecule has 2 unspecified atom stereocenters. The molecule has 0 saturated carbocycles. The summed E-state index contributed by atoms with van der Waals surface area (Å²) in [6, 6.07) is -0.538. The molecule has 0 aliphatic heterocycles. The SMILES string of the molecule is CCC/C=C\C/C=C\CCCCCCCC(=O)OCCCCCCCCCCCCCCCCCCCCCCCCCCCCCCCCC(=O)NC(CO)C(O)CCCCCCCCCCCCCCCCCC. The van der Waals surface area contributed by atoms with Crippen LogP contribution in [0, 0.1) is 0 Å². The van der Waals surface area contributed by atoms with Crippen molar-refractivity contribution in [2.45, 2.75) is 398 Å². The largest absolute Gasteiger partial charge is 0.466 e. The van der Waals surface area contributed by atoms with E-state index in [2.05, 4.69) is 43.5 Å². The van der Waals surface area contributed by atoms with Crippen molar-refractivity contribution in [1.82, 2.24) is 5.32 Å². The lowest BCUT2D eigenvalue weighted by molar-refractivity contribution is -0.143. The normalized spacial score (nSPS) is 12.6. The highest BCUT2D eigenvalue weighted by Crippen LogP contribution is 2.19. The number of esters is 1. The van der Waals surface area contributed by atoms with Crippen LogP contribution >= 0.6 is 0 Å². The second kappa shape index (κ2) is 65.9. The third-order valence-electron chi connectivity index (χ3n) is 16.2. The van der Waals surface area contributed by atoms with E-state index in [0.717, 1.165) is 51.4 Å². The van der Waals surface area contributed by atoms with Gasteiger partial charge in [0, 0.05) is 12.8 Å². The molecule has 6 nitrogen and oxygen atoms in total. The first-order valence-electron chi connectivity index (χ1n) is 34.6. The lowest BCUT2D eigenvalue weighted by Gasteiger charge is -2.22. The molecular weight excluding hydrogens is 935 g/mol. The number of allylic oxidation sites excluding steroid dienone is 4. The topological polar surface area (TPSA) is 95.9 Å². The Morgan fingerprint density at radius 3 is 1.05 bits per heavy atom. The van der Waals surface area contributed by atoms with Gasteiger partial charge in [-0.25, -0.2) is 0 Å². The molecule has 0 aliphatic carbocycles. The van der Waals surface area contributed by atoms with Crippen LogP contribution in [0.1, 0.15) is 386 Å². The molecule has 0 aromatic heterocycles. The van der Waals surface area contributed by atoms with Crippen LogP contribution in [0.25, 0.3) is 0 Å². The fourth-order valence-electron chi connectivity index (χ4n) is 11.0. The van der Waals surface area contributed by atoms with E-state index in [1.807, 2.05) is 0 Å². The van der Waals surface area contributed by atoms with Crippen LogP contribution in [0.4, 0.5) is 0 Å². The Labute approximate surface area is 475 Å². The van der Waals surface area contributed by atoms with E-state index >= 15 is 0 Å². The number of carbonyl (C=O) groups is 2. The Morgan fingerprint density at radius 2 is 0.684 bits per heavy atom. The van der Waals surface area contributed by atoms with Gasteiger partial charge in [-0.05, 0) is 51.4 Å². The molecule has 2 atom stereocenters. The Bertz CT molecular complexity index is 1190. The predicted octanol–water partition coefficient (Wildman–Crippen LogP) is 22.1. The smallest absolute Gasteiger partial charge is 0.305 e. The van der Waals surface area contributed by atoms with Crippen molar-refractivity contribution in [3.8, 4) is 0 Å². The first kappa shape index (κ1) is 74.3. The fourth-order valence-corrected chi connectivity index (χ4v) is 11.0. The summed E-state index contributed by atoms with van der Waals surface area (Å²) in [6.07, 6.45) is 82.3. The highest BCUT2D eigenvalue weighted by Gasteiger charge is 2.20. The molecule has 0 rings (SSSR count). The summed E-state index contributed by atoms with van der Waals surface area (Å²) in [5.74, 6) is -0.0227. The van der Waals surface area contributed by atoms with Gasteiger partial charge in [-0.3, -0.25) is 9.59 Å². The molecule has 0 aliphatic rings. The molecular formula is C70H135NO5.